The highest BCUT2D eigenvalue weighted by Gasteiger charge is 2.30. The van der Waals surface area contributed by atoms with Crippen LogP contribution in [0.2, 0.25) is 5.02 Å². The van der Waals surface area contributed by atoms with Crippen molar-refractivity contribution in [2.24, 2.45) is 5.92 Å². The Labute approximate surface area is 186 Å². The molecule has 0 amide bonds. The van der Waals surface area contributed by atoms with E-state index in [0.717, 1.165) is 29.5 Å². The molecule has 3 heterocycles. The van der Waals surface area contributed by atoms with Gasteiger partial charge < -0.3 is 14.8 Å². The summed E-state index contributed by atoms with van der Waals surface area (Å²) in [7, 11) is 0. The van der Waals surface area contributed by atoms with Crippen molar-refractivity contribution in [3.8, 4) is 0 Å². The molecule has 0 unspecified atom stereocenters. The SMILES string of the molecule is Clc1ccc2c(c1)nc([C@@H]1CCNC1)n2C1CCN(CC2CCCCCCC2)CC1. The summed E-state index contributed by atoms with van der Waals surface area (Å²) >= 11 is 6.29. The number of benzene rings is 1. The number of hydrogen-bond donors (Lipinski definition) is 1. The summed E-state index contributed by atoms with van der Waals surface area (Å²) in [5.74, 6) is 2.75. The van der Waals surface area contributed by atoms with Crippen molar-refractivity contribution in [1.29, 1.82) is 0 Å². The molecular weight excluding hydrogens is 392 g/mol. The lowest BCUT2D eigenvalue weighted by atomic mass is 9.90. The Morgan fingerprint density at radius 3 is 2.47 bits per heavy atom. The van der Waals surface area contributed by atoms with Gasteiger partial charge in [0.15, 0.2) is 0 Å². The number of fused-ring (bicyclic) bond motifs is 1. The Balaban J connectivity index is 1.30. The second-order valence-corrected chi connectivity index (χ2v) is 10.3. The molecule has 5 rings (SSSR count). The van der Waals surface area contributed by atoms with Gasteiger partial charge in [0.1, 0.15) is 5.82 Å². The van der Waals surface area contributed by atoms with E-state index in [1.165, 1.54) is 95.2 Å². The van der Waals surface area contributed by atoms with Crippen molar-refractivity contribution in [2.75, 3.05) is 32.7 Å². The average Bonchev–Trinajstić information content (AvgIpc) is 3.38. The van der Waals surface area contributed by atoms with E-state index in [4.69, 9.17) is 16.6 Å². The van der Waals surface area contributed by atoms with Crippen LogP contribution >= 0.6 is 11.6 Å². The molecule has 2 aromatic rings. The molecule has 3 fully saturated rings. The van der Waals surface area contributed by atoms with Crippen molar-refractivity contribution in [2.45, 2.75) is 76.2 Å². The molecule has 4 nitrogen and oxygen atoms in total. The quantitative estimate of drug-likeness (QED) is 0.671. The average molecular weight is 429 g/mol. The molecule has 1 N–H and O–H groups in total. The molecule has 1 atom stereocenters. The predicted molar refractivity (Wildman–Crippen MR) is 125 cm³/mol. The van der Waals surface area contributed by atoms with Crippen LogP contribution in [0.3, 0.4) is 0 Å². The first kappa shape index (κ1) is 20.8. The number of likely N-dealkylation sites (tertiary alicyclic amines) is 1. The zero-order chi connectivity index (χ0) is 20.3. The minimum absolute atomic E-state index is 0.532. The topological polar surface area (TPSA) is 33.1 Å². The standard InChI is InChI=1S/C25H37ClN4/c26-21-8-9-24-23(16-21)28-25(20-10-13-27-17-20)30(24)22-11-14-29(15-12-22)18-19-6-4-2-1-3-5-7-19/h8-9,16,19-20,22,27H,1-7,10-15,17-18H2/t20-/m1/s1. The Morgan fingerprint density at radius 2 is 1.73 bits per heavy atom. The number of imidazole rings is 1. The van der Waals surface area contributed by atoms with Gasteiger partial charge in [0, 0.05) is 43.2 Å². The normalized spacial score (nSPS) is 25.6. The maximum atomic E-state index is 6.29. The molecule has 0 spiro atoms. The van der Waals surface area contributed by atoms with Gasteiger partial charge in [0.2, 0.25) is 0 Å². The van der Waals surface area contributed by atoms with Crippen LogP contribution in [0.5, 0.6) is 0 Å². The van der Waals surface area contributed by atoms with Crippen molar-refractivity contribution < 1.29 is 0 Å². The monoisotopic (exact) mass is 428 g/mol. The van der Waals surface area contributed by atoms with E-state index in [1.807, 2.05) is 12.1 Å². The van der Waals surface area contributed by atoms with E-state index in [-0.39, 0.29) is 0 Å². The molecule has 30 heavy (non-hydrogen) atoms. The van der Waals surface area contributed by atoms with Crippen LogP contribution < -0.4 is 5.32 Å². The van der Waals surface area contributed by atoms with E-state index < -0.39 is 0 Å². The Morgan fingerprint density at radius 1 is 0.967 bits per heavy atom. The van der Waals surface area contributed by atoms with Crippen molar-refractivity contribution in [3.63, 3.8) is 0 Å². The molecule has 1 saturated carbocycles. The minimum atomic E-state index is 0.532. The predicted octanol–water partition coefficient (Wildman–Crippen LogP) is 5.76. The van der Waals surface area contributed by atoms with Gasteiger partial charge in [-0.05, 0) is 62.8 Å². The number of nitrogens with one attached hydrogen (secondary N) is 1. The highest BCUT2D eigenvalue weighted by Crippen LogP contribution is 2.35. The Hall–Kier alpha value is -1.10. The second kappa shape index (κ2) is 9.58. The van der Waals surface area contributed by atoms with Gasteiger partial charge in [-0.2, -0.15) is 0 Å². The van der Waals surface area contributed by atoms with Gasteiger partial charge in [-0.3, -0.25) is 0 Å². The molecule has 2 aliphatic heterocycles. The summed E-state index contributed by atoms with van der Waals surface area (Å²) in [6, 6.07) is 6.84. The summed E-state index contributed by atoms with van der Waals surface area (Å²) in [5.41, 5.74) is 2.35. The first-order chi connectivity index (χ1) is 14.8. The van der Waals surface area contributed by atoms with Crippen LogP contribution in [0.15, 0.2) is 18.2 Å². The first-order valence-corrected chi connectivity index (χ1v) is 12.8. The highest BCUT2D eigenvalue weighted by molar-refractivity contribution is 6.31. The lowest BCUT2D eigenvalue weighted by Crippen LogP contribution is -2.38. The lowest BCUT2D eigenvalue weighted by Gasteiger charge is -2.36. The minimum Gasteiger partial charge on any atom is -0.324 e. The summed E-state index contributed by atoms with van der Waals surface area (Å²) in [6.07, 6.45) is 13.8. The fraction of sp³-hybridized carbons (Fsp3) is 0.720. The van der Waals surface area contributed by atoms with Gasteiger partial charge in [-0.1, -0.05) is 43.7 Å². The summed E-state index contributed by atoms with van der Waals surface area (Å²) in [5, 5.41) is 4.32. The highest BCUT2D eigenvalue weighted by atomic mass is 35.5. The van der Waals surface area contributed by atoms with E-state index in [2.05, 4.69) is 20.9 Å². The number of nitrogens with zero attached hydrogens (tertiary/aromatic N) is 3. The number of piperidine rings is 1. The molecular formula is C25H37ClN4. The van der Waals surface area contributed by atoms with Crippen LogP contribution in [0.1, 0.15) is 82.0 Å². The van der Waals surface area contributed by atoms with Gasteiger partial charge in [-0.15, -0.1) is 0 Å². The molecule has 3 aliphatic rings. The van der Waals surface area contributed by atoms with Crippen LogP contribution in [-0.4, -0.2) is 47.2 Å². The third-order valence-corrected chi connectivity index (χ3v) is 8.00. The summed E-state index contributed by atoms with van der Waals surface area (Å²) in [6.45, 7) is 5.95. The van der Waals surface area contributed by atoms with Crippen LogP contribution in [0, 0.1) is 5.92 Å². The van der Waals surface area contributed by atoms with Crippen molar-refractivity contribution in [1.82, 2.24) is 19.8 Å². The Kier molecular flexibility index (Phi) is 6.64. The fourth-order valence-corrected chi connectivity index (χ4v) is 6.25. The van der Waals surface area contributed by atoms with Crippen LogP contribution in [0.25, 0.3) is 11.0 Å². The third-order valence-electron chi connectivity index (χ3n) is 7.77. The molecule has 1 aliphatic carbocycles. The largest absolute Gasteiger partial charge is 0.324 e. The summed E-state index contributed by atoms with van der Waals surface area (Å²) < 4.78 is 2.59. The molecule has 1 aromatic carbocycles. The molecule has 0 radical (unpaired) electrons. The molecule has 2 saturated heterocycles. The number of halogens is 1. The second-order valence-electron chi connectivity index (χ2n) is 9.91. The van der Waals surface area contributed by atoms with Crippen LogP contribution in [-0.2, 0) is 0 Å². The fourth-order valence-electron chi connectivity index (χ4n) is 6.09. The first-order valence-electron chi connectivity index (χ1n) is 12.4. The van der Waals surface area contributed by atoms with Crippen LogP contribution in [0.4, 0.5) is 0 Å². The van der Waals surface area contributed by atoms with E-state index in [9.17, 15) is 0 Å². The molecule has 5 heteroatoms. The van der Waals surface area contributed by atoms with E-state index in [0.29, 0.717) is 12.0 Å². The maximum Gasteiger partial charge on any atom is 0.114 e. The maximum absolute atomic E-state index is 6.29. The third kappa shape index (κ3) is 4.56. The molecule has 1 aromatic heterocycles. The smallest absolute Gasteiger partial charge is 0.114 e. The zero-order valence-corrected chi connectivity index (χ0v) is 19.0. The number of rotatable bonds is 4. The van der Waals surface area contributed by atoms with Gasteiger partial charge in [0.25, 0.3) is 0 Å². The van der Waals surface area contributed by atoms with Gasteiger partial charge >= 0.3 is 0 Å². The summed E-state index contributed by atoms with van der Waals surface area (Å²) in [4.78, 5) is 7.85. The van der Waals surface area contributed by atoms with Gasteiger partial charge in [0.05, 0.1) is 11.0 Å². The molecule has 0 bridgehead atoms. The van der Waals surface area contributed by atoms with E-state index >= 15 is 0 Å². The van der Waals surface area contributed by atoms with Crippen molar-refractivity contribution >= 4 is 22.6 Å². The number of hydrogen-bond acceptors (Lipinski definition) is 3. The Bertz CT molecular complexity index is 825. The van der Waals surface area contributed by atoms with Gasteiger partial charge in [-0.25, -0.2) is 4.98 Å². The van der Waals surface area contributed by atoms with Crippen molar-refractivity contribution in [3.05, 3.63) is 29.0 Å². The number of aromatic nitrogens is 2. The van der Waals surface area contributed by atoms with E-state index in [1.54, 1.807) is 0 Å². The zero-order valence-electron chi connectivity index (χ0n) is 18.3. The lowest BCUT2D eigenvalue weighted by molar-refractivity contribution is 0.151. The molecule has 164 valence electrons.